The van der Waals surface area contributed by atoms with Gasteiger partial charge in [-0.3, -0.25) is 0 Å². The smallest absolute Gasteiger partial charge is 0.159 e. The number of hydrogen-bond donors (Lipinski definition) is 0. The fourth-order valence-electron chi connectivity index (χ4n) is 7.71. The van der Waals surface area contributed by atoms with Crippen LogP contribution in [-0.2, 0) is 0 Å². The Morgan fingerprint density at radius 2 is 0.741 bits per heavy atom. The van der Waals surface area contributed by atoms with Crippen molar-refractivity contribution < 1.29 is 4.42 Å². The number of benzene rings is 9. The quantitative estimate of drug-likeness (QED) is 0.166. The van der Waals surface area contributed by atoms with Crippen molar-refractivity contribution in [2.75, 3.05) is 4.90 Å². The van der Waals surface area contributed by atoms with Gasteiger partial charge in [-0.1, -0.05) is 176 Å². The summed E-state index contributed by atoms with van der Waals surface area (Å²) in [4.78, 5) is 2.33. The fraction of sp³-hybridized carbons (Fsp3) is 0. The Morgan fingerprint density at radius 3 is 1.37 bits per heavy atom. The molecule has 0 unspecified atom stereocenters. The zero-order valence-corrected chi connectivity index (χ0v) is 29.6. The van der Waals surface area contributed by atoms with Crippen molar-refractivity contribution in [2.45, 2.75) is 0 Å². The van der Waals surface area contributed by atoms with E-state index < -0.39 is 0 Å². The summed E-state index contributed by atoms with van der Waals surface area (Å²) in [6, 6.07) is 75.7. The molecule has 0 saturated heterocycles. The predicted octanol–water partition coefficient (Wildman–Crippen LogP) is 14.9. The van der Waals surface area contributed by atoms with Crippen LogP contribution in [0.25, 0.3) is 77.2 Å². The molecule has 0 aliphatic rings. The highest BCUT2D eigenvalue weighted by Gasteiger charge is 2.21. The van der Waals surface area contributed by atoms with Crippen LogP contribution in [0.4, 0.5) is 17.1 Å². The average Bonchev–Trinajstić information content (AvgIpc) is 3.65. The molecule has 2 heteroatoms. The highest BCUT2D eigenvalue weighted by Crippen LogP contribution is 2.44. The van der Waals surface area contributed by atoms with E-state index in [9.17, 15) is 0 Å². The van der Waals surface area contributed by atoms with E-state index in [1.54, 1.807) is 0 Å². The number of fused-ring (bicyclic) bond motifs is 5. The number of rotatable bonds is 7. The molecule has 0 atom stereocenters. The van der Waals surface area contributed by atoms with Crippen molar-refractivity contribution in [1.29, 1.82) is 0 Å². The molecule has 0 aliphatic carbocycles. The van der Waals surface area contributed by atoms with Crippen LogP contribution >= 0.6 is 0 Å². The molecule has 0 fully saturated rings. The maximum Gasteiger partial charge on any atom is 0.159 e. The largest absolute Gasteiger partial charge is 0.453 e. The number of nitrogens with zero attached hydrogens (tertiary/aromatic N) is 1. The lowest BCUT2D eigenvalue weighted by Crippen LogP contribution is -2.10. The van der Waals surface area contributed by atoms with Crippen LogP contribution in [0.1, 0.15) is 0 Å². The van der Waals surface area contributed by atoms with E-state index in [0.29, 0.717) is 0 Å². The monoisotopic (exact) mass is 689 g/mol. The first-order chi connectivity index (χ1) is 26.8. The fourth-order valence-corrected chi connectivity index (χ4v) is 7.71. The van der Waals surface area contributed by atoms with E-state index in [4.69, 9.17) is 4.42 Å². The Balaban J connectivity index is 1.09. The number of anilines is 3. The van der Waals surface area contributed by atoms with E-state index in [0.717, 1.165) is 50.0 Å². The van der Waals surface area contributed by atoms with Gasteiger partial charge in [0.15, 0.2) is 5.58 Å². The van der Waals surface area contributed by atoms with Gasteiger partial charge in [0.2, 0.25) is 0 Å². The van der Waals surface area contributed by atoms with Gasteiger partial charge in [-0.05, 0) is 86.3 Å². The molecule has 1 heterocycles. The Bertz CT molecular complexity index is 2890. The van der Waals surface area contributed by atoms with Gasteiger partial charge in [0, 0.05) is 27.5 Å². The van der Waals surface area contributed by atoms with E-state index in [1.165, 1.54) is 44.3 Å². The lowest BCUT2D eigenvalue weighted by molar-refractivity contribution is 0.673. The van der Waals surface area contributed by atoms with Crippen LogP contribution in [0.15, 0.2) is 217 Å². The van der Waals surface area contributed by atoms with Crippen molar-refractivity contribution in [3.63, 3.8) is 0 Å². The first kappa shape index (κ1) is 31.6. The van der Waals surface area contributed by atoms with Gasteiger partial charge in [-0.15, -0.1) is 0 Å². The summed E-state index contributed by atoms with van der Waals surface area (Å²) in [6.45, 7) is 0. The summed E-state index contributed by atoms with van der Waals surface area (Å²) in [6.07, 6.45) is 0. The van der Waals surface area contributed by atoms with Crippen LogP contribution in [0, 0.1) is 0 Å². The molecule has 254 valence electrons. The molecule has 10 rings (SSSR count). The third kappa shape index (κ3) is 5.71. The topological polar surface area (TPSA) is 16.4 Å². The molecule has 9 aromatic carbocycles. The molecule has 0 amide bonds. The van der Waals surface area contributed by atoms with Crippen molar-refractivity contribution >= 4 is 49.8 Å². The van der Waals surface area contributed by atoms with Crippen molar-refractivity contribution in [3.8, 4) is 44.5 Å². The summed E-state index contributed by atoms with van der Waals surface area (Å²) in [5, 5.41) is 4.50. The predicted molar refractivity (Wildman–Crippen MR) is 228 cm³/mol. The van der Waals surface area contributed by atoms with E-state index >= 15 is 0 Å². The average molecular weight is 690 g/mol. The molecule has 0 bridgehead atoms. The van der Waals surface area contributed by atoms with Crippen molar-refractivity contribution in [1.82, 2.24) is 0 Å². The first-order valence-electron chi connectivity index (χ1n) is 18.4. The van der Waals surface area contributed by atoms with Crippen LogP contribution in [-0.4, -0.2) is 0 Å². The van der Waals surface area contributed by atoms with E-state index in [2.05, 4.69) is 217 Å². The van der Waals surface area contributed by atoms with Gasteiger partial charge in [-0.2, -0.15) is 0 Å². The maximum absolute atomic E-state index is 6.89. The van der Waals surface area contributed by atoms with Gasteiger partial charge in [0.05, 0.1) is 5.69 Å². The second-order valence-electron chi connectivity index (χ2n) is 13.7. The number of furan rings is 1. The Hall–Kier alpha value is -7.16. The minimum atomic E-state index is 0.863. The van der Waals surface area contributed by atoms with Crippen LogP contribution < -0.4 is 4.90 Å². The molecule has 0 aliphatic heterocycles. The van der Waals surface area contributed by atoms with Crippen LogP contribution in [0.3, 0.4) is 0 Å². The second-order valence-corrected chi connectivity index (χ2v) is 13.7. The minimum absolute atomic E-state index is 0.863. The zero-order chi connectivity index (χ0) is 35.8. The summed E-state index contributed by atoms with van der Waals surface area (Å²) in [5.41, 5.74) is 14.4. The SMILES string of the molecule is c1ccc(-c2ccc(-c3ccc(N(c4cccc(-c5ccc(-c6ccccc6)cc5)c4)c4cccc5c4oc4c6ccccc6ccc54)cc3)cc2)cc1. The summed E-state index contributed by atoms with van der Waals surface area (Å²) in [7, 11) is 0. The van der Waals surface area contributed by atoms with Crippen molar-refractivity contribution in [2.24, 2.45) is 0 Å². The van der Waals surface area contributed by atoms with Crippen LogP contribution in [0.5, 0.6) is 0 Å². The molecule has 0 spiro atoms. The standard InChI is InChI=1S/C52H35NO/c1-3-11-36(12-4-1)38-21-23-40(24-22-38)41-29-32-45(33-30-41)53(46-17-9-16-44(35-46)42-27-25-39(26-28-42)37-13-5-2-6-14-37)50-20-10-19-48-49-34-31-43-15-7-8-18-47(43)51(49)54-52(48)50/h1-35H. The molecular weight excluding hydrogens is 655 g/mol. The van der Waals surface area contributed by atoms with Crippen molar-refractivity contribution in [3.05, 3.63) is 212 Å². The summed E-state index contributed by atoms with van der Waals surface area (Å²) >= 11 is 0. The van der Waals surface area contributed by atoms with Gasteiger partial charge < -0.3 is 9.32 Å². The third-order valence-electron chi connectivity index (χ3n) is 10.5. The molecule has 0 radical (unpaired) electrons. The van der Waals surface area contributed by atoms with E-state index in [-0.39, 0.29) is 0 Å². The molecule has 0 N–H and O–H groups in total. The molecule has 1 aromatic heterocycles. The maximum atomic E-state index is 6.89. The molecule has 2 nitrogen and oxygen atoms in total. The molecule has 54 heavy (non-hydrogen) atoms. The molecule has 0 saturated carbocycles. The lowest BCUT2D eigenvalue weighted by atomic mass is 9.99. The third-order valence-corrected chi connectivity index (χ3v) is 10.5. The van der Waals surface area contributed by atoms with Gasteiger partial charge in [0.1, 0.15) is 5.58 Å². The van der Waals surface area contributed by atoms with Gasteiger partial charge >= 0.3 is 0 Å². The Labute approximate surface area is 314 Å². The number of para-hydroxylation sites is 1. The molecular formula is C52H35NO. The van der Waals surface area contributed by atoms with Crippen LogP contribution in [0.2, 0.25) is 0 Å². The summed E-state index contributed by atoms with van der Waals surface area (Å²) < 4.78 is 6.89. The lowest BCUT2D eigenvalue weighted by Gasteiger charge is -2.26. The zero-order valence-electron chi connectivity index (χ0n) is 29.6. The summed E-state index contributed by atoms with van der Waals surface area (Å²) in [5.74, 6) is 0. The minimum Gasteiger partial charge on any atom is -0.453 e. The highest BCUT2D eigenvalue weighted by atomic mass is 16.3. The number of hydrogen-bond acceptors (Lipinski definition) is 2. The van der Waals surface area contributed by atoms with E-state index in [1.807, 2.05) is 0 Å². The Morgan fingerprint density at radius 1 is 0.278 bits per heavy atom. The second kappa shape index (κ2) is 13.4. The highest BCUT2D eigenvalue weighted by molar-refractivity contribution is 6.17. The Kier molecular flexibility index (Phi) is 7.85. The van der Waals surface area contributed by atoms with Gasteiger partial charge in [0.25, 0.3) is 0 Å². The molecule has 10 aromatic rings. The van der Waals surface area contributed by atoms with Gasteiger partial charge in [-0.25, -0.2) is 0 Å². The first-order valence-corrected chi connectivity index (χ1v) is 18.4. The normalized spacial score (nSPS) is 11.3.